The Balaban J connectivity index is 2.46. The molecule has 3 N–H and O–H groups in total. The molecule has 0 aromatic heterocycles. The summed E-state index contributed by atoms with van der Waals surface area (Å²) in [7, 11) is 0. The number of nitrogens with zero attached hydrogens (tertiary/aromatic N) is 3. The van der Waals surface area contributed by atoms with Crippen molar-refractivity contribution in [1.29, 1.82) is 0 Å². The van der Waals surface area contributed by atoms with Crippen LogP contribution in [0.2, 0.25) is 0 Å². The lowest BCUT2D eigenvalue weighted by molar-refractivity contribution is -0.384. The van der Waals surface area contributed by atoms with Gasteiger partial charge in [0.15, 0.2) is 0 Å². The summed E-state index contributed by atoms with van der Waals surface area (Å²) in [4.78, 5) is 10.2. The Bertz CT molecular complexity index is 825. The Morgan fingerprint density at radius 3 is 2.04 bits per heavy atom. The molecule has 0 saturated heterocycles. The first-order valence-corrected chi connectivity index (χ1v) is 7.05. The largest absolute Gasteiger partial charge is 0.508 e. The molecule has 24 heavy (non-hydrogen) atoms. The van der Waals surface area contributed by atoms with Crippen molar-refractivity contribution >= 4 is 17.1 Å². The van der Waals surface area contributed by atoms with Crippen LogP contribution in [0.3, 0.4) is 0 Å². The number of nitro groups is 1. The highest BCUT2D eigenvalue weighted by molar-refractivity contribution is 5.60. The van der Waals surface area contributed by atoms with Gasteiger partial charge in [-0.05, 0) is 17.5 Å². The Kier molecular flexibility index (Phi) is 4.41. The van der Waals surface area contributed by atoms with E-state index in [0.717, 1.165) is 24.3 Å². The van der Waals surface area contributed by atoms with Crippen molar-refractivity contribution < 1.29 is 20.2 Å². The second kappa shape index (κ2) is 6.15. The summed E-state index contributed by atoms with van der Waals surface area (Å²) in [5, 5.41) is 47.9. The number of phenolic OH excluding ortho intramolecular Hbond substituents is 3. The van der Waals surface area contributed by atoms with Crippen LogP contribution in [-0.2, 0) is 5.41 Å². The lowest BCUT2D eigenvalue weighted by Gasteiger charge is -2.20. The molecule has 0 spiro atoms. The maximum absolute atomic E-state index is 10.8. The summed E-state index contributed by atoms with van der Waals surface area (Å²) < 4.78 is 0. The van der Waals surface area contributed by atoms with Gasteiger partial charge in [0.1, 0.15) is 28.6 Å². The third kappa shape index (κ3) is 3.60. The van der Waals surface area contributed by atoms with Crippen molar-refractivity contribution in [3.63, 3.8) is 0 Å². The van der Waals surface area contributed by atoms with Crippen molar-refractivity contribution in [2.24, 2.45) is 10.2 Å². The molecule has 0 fully saturated rings. The second-order valence-electron chi connectivity index (χ2n) is 6.24. The summed E-state index contributed by atoms with van der Waals surface area (Å²) in [6, 6.07) is 5.99. The first-order chi connectivity index (χ1) is 11.1. The maximum Gasteiger partial charge on any atom is 0.271 e. The summed E-state index contributed by atoms with van der Waals surface area (Å²) in [6.45, 7) is 5.64. The molecular formula is C16H17N3O5. The Labute approximate surface area is 137 Å². The van der Waals surface area contributed by atoms with E-state index in [0.29, 0.717) is 5.56 Å². The van der Waals surface area contributed by atoms with E-state index in [1.54, 1.807) is 0 Å². The Morgan fingerprint density at radius 2 is 1.50 bits per heavy atom. The molecule has 0 bridgehead atoms. The molecule has 0 atom stereocenters. The van der Waals surface area contributed by atoms with E-state index in [2.05, 4.69) is 10.2 Å². The number of non-ortho nitro benzene ring substituents is 1. The van der Waals surface area contributed by atoms with E-state index in [1.165, 1.54) is 6.07 Å². The summed E-state index contributed by atoms with van der Waals surface area (Å²) in [6.07, 6.45) is 0. The number of benzene rings is 2. The standard InChI is InChI=1S/C16H17N3O5/c1-16(2,3)10-7-12(15(22)8-14(10)21)18-17-11-6-9(19(23)24)4-5-13(11)20/h4-8,20-22H,1-3H3. The molecule has 2 aromatic carbocycles. The molecule has 0 radical (unpaired) electrons. The third-order valence-corrected chi connectivity index (χ3v) is 3.34. The highest BCUT2D eigenvalue weighted by atomic mass is 16.6. The van der Waals surface area contributed by atoms with Crippen molar-refractivity contribution in [3.05, 3.63) is 46.0 Å². The van der Waals surface area contributed by atoms with Crippen molar-refractivity contribution in [1.82, 2.24) is 0 Å². The monoisotopic (exact) mass is 331 g/mol. The molecule has 0 unspecified atom stereocenters. The maximum atomic E-state index is 10.8. The molecule has 0 aliphatic rings. The number of rotatable bonds is 3. The summed E-state index contributed by atoms with van der Waals surface area (Å²) >= 11 is 0. The van der Waals surface area contributed by atoms with Crippen LogP contribution in [0.25, 0.3) is 0 Å². The van der Waals surface area contributed by atoms with Gasteiger partial charge in [0.05, 0.1) is 4.92 Å². The van der Waals surface area contributed by atoms with E-state index in [-0.39, 0.29) is 34.3 Å². The van der Waals surface area contributed by atoms with Crippen molar-refractivity contribution in [2.75, 3.05) is 0 Å². The van der Waals surface area contributed by atoms with Gasteiger partial charge in [0.2, 0.25) is 0 Å². The Hall–Kier alpha value is -3.16. The van der Waals surface area contributed by atoms with E-state index in [9.17, 15) is 25.4 Å². The predicted molar refractivity (Wildman–Crippen MR) is 87.4 cm³/mol. The molecule has 2 rings (SSSR count). The Morgan fingerprint density at radius 1 is 0.917 bits per heavy atom. The van der Waals surface area contributed by atoms with Gasteiger partial charge in [-0.2, -0.15) is 0 Å². The quantitative estimate of drug-likeness (QED) is 0.435. The minimum absolute atomic E-state index is 0.0721. The van der Waals surface area contributed by atoms with Crippen LogP contribution in [0.1, 0.15) is 26.3 Å². The van der Waals surface area contributed by atoms with Gasteiger partial charge in [-0.3, -0.25) is 10.1 Å². The number of hydrogen-bond donors (Lipinski definition) is 3. The molecule has 2 aromatic rings. The number of hydrogen-bond acceptors (Lipinski definition) is 7. The van der Waals surface area contributed by atoms with E-state index < -0.39 is 10.3 Å². The topological polar surface area (TPSA) is 129 Å². The van der Waals surface area contributed by atoms with Gasteiger partial charge in [-0.25, -0.2) is 0 Å². The van der Waals surface area contributed by atoms with Crippen LogP contribution in [0.5, 0.6) is 17.2 Å². The van der Waals surface area contributed by atoms with E-state index in [1.807, 2.05) is 20.8 Å². The highest BCUT2D eigenvalue weighted by Crippen LogP contribution is 2.40. The predicted octanol–water partition coefficient (Wildman–Crippen LogP) is 4.42. The zero-order chi connectivity index (χ0) is 18.1. The molecular weight excluding hydrogens is 314 g/mol. The van der Waals surface area contributed by atoms with Crippen LogP contribution in [0.4, 0.5) is 17.1 Å². The second-order valence-corrected chi connectivity index (χ2v) is 6.24. The fraction of sp³-hybridized carbons (Fsp3) is 0.250. The molecule has 0 aliphatic carbocycles. The summed E-state index contributed by atoms with van der Waals surface area (Å²) in [5.41, 5.74) is -0.113. The number of nitro benzene ring substituents is 1. The smallest absolute Gasteiger partial charge is 0.271 e. The van der Waals surface area contributed by atoms with Crippen LogP contribution < -0.4 is 0 Å². The molecule has 8 heteroatoms. The lowest BCUT2D eigenvalue weighted by atomic mass is 9.86. The van der Waals surface area contributed by atoms with Gasteiger partial charge >= 0.3 is 0 Å². The zero-order valence-electron chi connectivity index (χ0n) is 13.4. The molecule has 0 saturated carbocycles. The fourth-order valence-corrected chi connectivity index (χ4v) is 2.06. The van der Waals surface area contributed by atoms with Gasteiger partial charge in [-0.15, -0.1) is 10.2 Å². The zero-order valence-corrected chi connectivity index (χ0v) is 13.4. The SMILES string of the molecule is CC(C)(C)c1cc(N=Nc2cc([N+](=O)[O-])ccc2O)c(O)cc1O. The van der Waals surface area contributed by atoms with Gasteiger partial charge < -0.3 is 15.3 Å². The minimum Gasteiger partial charge on any atom is -0.508 e. The van der Waals surface area contributed by atoms with Gasteiger partial charge in [-0.1, -0.05) is 20.8 Å². The third-order valence-electron chi connectivity index (χ3n) is 3.34. The van der Waals surface area contributed by atoms with Crippen LogP contribution in [-0.4, -0.2) is 20.2 Å². The molecule has 126 valence electrons. The van der Waals surface area contributed by atoms with Gasteiger partial charge in [0, 0.05) is 23.8 Å². The number of phenols is 3. The normalized spacial score (nSPS) is 11.8. The van der Waals surface area contributed by atoms with Crippen LogP contribution in [0, 0.1) is 10.1 Å². The first kappa shape index (κ1) is 17.2. The van der Waals surface area contributed by atoms with Gasteiger partial charge in [0.25, 0.3) is 5.69 Å². The molecule has 0 aliphatic heterocycles. The minimum atomic E-state index is -0.617. The number of azo groups is 1. The average molecular weight is 331 g/mol. The molecule has 0 heterocycles. The lowest BCUT2D eigenvalue weighted by Crippen LogP contribution is -2.10. The highest BCUT2D eigenvalue weighted by Gasteiger charge is 2.20. The first-order valence-electron chi connectivity index (χ1n) is 7.05. The molecule has 8 nitrogen and oxygen atoms in total. The number of aromatic hydroxyl groups is 3. The van der Waals surface area contributed by atoms with E-state index >= 15 is 0 Å². The summed E-state index contributed by atoms with van der Waals surface area (Å²) in [5.74, 6) is -0.648. The van der Waals surface area contributed by atoms with Crippen LogP contribution >= 0.6 is 0 Å². The average Bonchev–Trinajstić information content (AvgIpc) is 2.46. The van der Waals surface area contributed by atoms with E-state index in [4.69, 9.17) is 0 Å². The van der Waals surface area contributed by atoms with Crippen molar-refractivity contribution in [2.45, 2.75) is 26.2 Å². The fourth-order valence-electron chi connectivity index (χ4n) is 2.06. The van der Waals surface area contributed by atoms with Crippen LogP contribution in [0.15, 0.2) is 40.6 Å². The molecule has 0 amide bonds. The van der Waals surface area contributed by atoms with Crippen molar-refractivity contribution in [3.8, 4) is 17.2 Å².